The van der Waals surface area contributed by atoms with Crippen LogP contribution in [0.5, 0.6) is 0 Å². The largest absolute Gasteiger partial charge is 0.417 e. The molecule has 1 amide bonds. The van der Waals surface area contributed by atoms with E-state index in [4.69, 9.17) is 11.6 Å². The lowest BCUT2D eigenvalue weighted by Crippen LogP contribution is -2.49. The van der Waals surface area contributed by atoms with Crippen molar-refractivity contribution in [2.75, 3.05) is 44.2 Å². The van der Waals surface area contributed by atoms with Crippen LogP contribution in [-0.2, 0) is 11.0 Å². The highest BCUT2D eigenvalue weighted by Crippen LogP contribution is 2.33. The van der Waals surface area contributed by atoms with Crippen LogP contribution >= 0.6 is 11.6 Å². The Morgan fingerprint density at radius 1 is 1.32 bits per heavy atom. The number of pyridine rings is 1. The van der Waals surface area contributed by atoms with Crippen LogP contribution in [-0.4, -0.2) is 55.1 Å². The first-order valence-corrected chi connectivity index (χ1v) is 8.65. The van der Waals surface area contributed by atoms with Gasteiger partial charge in [0.05, 0.1) is 17.1 Å². The summed E-state index contributed by atoms with van der Waals surface area (Å²) in [5.41, 5.74) is -0.858. The molecule has 25 heavy (non-hydrogen) atoms. The van der Waals surface area contributed by atoms with E-state index in [0.717, 1.165) is 25.1 Å². The zero-order valence-corrected chi connectivity index (χ0v) is 14.8. The van der Waals surface area contributed by atoms with Crippen molar-refractivity contribution < 1.29 is 18.0 Å². The summed E-state index contributed by atoms with van der Waals surface area (Å²) in [7, 11) is 0. The number of carbonyl (C=O) groups is 1. The SMILES string of the molecule is CCCCNC(=O)CN1CCN(c2ncc(C(F)(F)F)cc2Cl)CC1. The number of aromatic nitrogens is 1. The van der Waals surface area contributed by atoms with Crippen molar-refractivity contribution >= 4 is 23.3 Å². The van der Waals surface area contributed by atoms with Gasteiger partial charge in [0.2, 0.25) is 5.91 Å². The smallest absolute Gasteiger partial charge is 0.355 e. The first-order valence-electron chi connectivity index (χ1n) is 8.28. The van der Waals surface area contributed by atoms with Crippen LogP contribution in [0.4, 0.5) is 19.0 Å². The molecule has 0 bridgehead atoms. The van der Waals surface area contributed by atoms with E-state index in [0.29, 0.717) is 45.1 Å². The van der Waals surface area contributed by atoms with Crippen molar-refractivity contribution in [3.8, 4) is 0 Å². The maximum absolute atomic E-state index is 12.7. The minimum atomic E-state index is -4.46. The van der Waals surface area contributed by atoms with Crippen LogP contribution in [0.3, 0.4) is 0 Å². The number of nitrogens with zero attached hydrogens (tertiary/aromatic N) is 3. The Morgan fingerprint density at radius 3 is 2.56 bits per heavy atom. The second kappa shape index (κ2) is 8.71. The lowest BCUT2D eigenvalue weighted by atomic mass is 10.2. The molecular weight excluding hydrogens is 357 g/mol. The van der Waals surface area contributed by atoms with E-state index >= 15 is 0 Å². The van der Waals surface area contributed by atoms with Crippen LogP contribution in [0, 0.1) is 0 Å². The van der Waals surface area contributed by atoms with E-state index in [9.17, 15) is 18.0 Å². The molecule has 1 saturated heterocycles. The summed E-state index contributed by atoms with van der Waals surface area (Å²) in [6, 6.07) is 0.900. The van der Waals surface area contributed by atoms with Crippen molar-refractivity contribution in [2.45, 2.75) is 25.9 Å². The zero-order valence-electron chi connectivity index (χ0n) is 14.1. The third kappa shape index (κ3) is 5.74. The van der Waals surface area contributed by atoms with Gasteiger partial charge in [0, 0.05) is 38.9 Å². The standard InChI is InChI=1S/C16H22ClF3N4O/c1-2-3-4-21-14(25)11-23-5-7-24(8-6-23)15-13(17)9-12(10-22-15)16(18,19)20/h9-10H,2-8,11H2,1H3,(H,21,25). The fraction of sp³-hybridized carbons (Fsp3) is 0.625. The molecule has 1 aromatic rings. The fourth-order valence-electron chi connectivity index (χ4n) is 2.60. The molecular formula is C16H22ClF3N4O. The molecule has 2 rings (SSSR count). The van der Waals surface area contributed by atoms with Crippen molar-refractivity contribution in [1.29, 1.82) is 0 Å². The Balaban J connectivity index is 1.87. The predicted octanol–water partition coefficient (Wildman–Crippen LogP) is 2.79. The lowest BCUT2D eigenvalue weighted by Gasteiger charge is -2.35. The summed E-state index contributed by atoms with van der Waals surface area (Å²) in [4.78, 5) is 19.5. The molecule has 0 radical (unpaired) electrons. The van der Waals surface area contributed by atoms with Gasteiger partial charge in [-0.1, -0.05) is 24.9 Å². The second-order valence-corrected chi connectivity index (χ2v) is 6.40. The summed E-state index contributed by atoms with van der Waals surface area (Å²) in [6.45, 7) is 5.43. The molecule has 0 aliphatic carbocycles. The minimum absolute atomic E-state index is 0.00686. The Hall–Kier alpha value is -1.54. The fourth-order valence-corrected chi connectivity index (χ4v) is 2.89. The molecule has 0 saturated carbocycles. The molecule has 0 atom stereocenters. The van der Waals surface area contributed by atoms with Gasteiger partial charge in [-0.25, -0.2) is 4.98 Å². The molecule has 1 aliphatic heterocycles. The molecule has 1 aromatic heterocycles. The van der Waals surface area contributed by atoms with E-state index in [1.807, 2.05) is 9.80 Å². The first kappa shape index (κ1) is 19.8. The maximum atomic E-state index is 12.7. The number of anilines is 1. The van der Waals surface area contributed by atoms with Gasteiger partial charge in [0.25, 0.3) is 0 Å². The Kier molecular flexibility index (Phi) is 6.89. The van der Waals surface area contributed by atoms with Crippen molar-refractivity contribution in [2.24, 2.45) is 0 Å². The van der Waals surface area contributed by atoms with Gasteiger partial charge in [0.1, 0.15) is 5.82 Å². The van der Waals surface area contributed by atoms with Crippen molar-refractivity contribution in [1.82, 2.24) is 15.2 Å². The highest BCUT2D eigenvalue weighted by molar-refractivity contribution is 6.33. The third-order valence-corrected chi connectivity index (χ3v) is 4.32. The van der Waals surface area contributed by atoms with Gasteiger partial charge >= 0.3 is 6.18 Å². The van der Waals surface area contributed by atoms with E-state index in [2.05, 4.69) is 17.2 Å². The van der Waals surface area contributed by atoms with Crippen molar-refractivity contribution in [3.05, 3.63) is 22.8 Å². The van der Waals surface area contributed by atoms with Gasteiger partial charge in [0.15, 0.2) is 0 Å². The Labute approximate surface area is 150 Å². The van der Waals surface area contributed by atoms with Gasteiger partial charge in [-0.2, -0.15) is 13.2 Å². The highest BCUT2D eigenvalue weighted by Gasteiger charge is 2.32. The average molecular weight is 379 g/mol. The Morgan fingerprint density at radius 2 is 2.00 bits per heavy atom. The minimum Gasteiger partial charge on any atom is -0.355 e. The average Bonchev–Trinajstić information content (AvgIpc) is 2.55. The quantitative estimate of drug-likeness (QED) is 0.773. The number of unbranched alkanes of at least 4 members (excludes halogenated alkanes) is 1. The summed E-state index contributed by atoms with van der Waals surface area (Å²) in [5.74, 6) is 0.342. The monoisotopic (exact) mass is 378 g/mol. The number of carbonyl (C=O) groups excluding carboxylic acids is 1. The third-order valence-electron chi connectivity index (χ3n) is 4.04. The molecule has 5 nitrogen and oxygen atoms in total. The zero-order chi connectivity index (χ0) is 18.4. The molecule has 0 unspecified atom stereocenters. The number of nitrogens with one attached hydrogen (secondary N) is 1. The molecule has 0 aromatic carbocycles. The van der Waals surface area contributed by atoms with E-state index in [-0.39, 0.29) is 10.9 Å². The molecule has 140 valence electrons. The topological polar surface area (TPSA) is 48.5 Å². The van der Waals surface area contributed by atoms with Gasteiger partial charge in [-0.15, -0.1) is 0 Å². The molecule has 9 heteroatoms. The van der Waals surface area contributed by atoms with E-state index in [1.54, 1.807) is 0 Å². The number of hydrogen-bond acceptors (Lipinski definition) is 4. The molecule has 1 N–H and O–H groups in total. The molecule has 0 spiro atoms. The summed E-state index contributed by atoms with van der Waals surface area (Å²) in [6.07, 6.45) is -1.68. The summed E-state index contributed by atoms with van der Waals surface area (Å²) < 4.78 is 38.0. The number of piperazine rings is 1. The summed E-state index contributed by atoms with van der Waals surface area (Å²) >= 11 is 5.98. The molecule has 1 aliphatic rings. The number of hydrogen-bond donors (Lipinski definition) is 1. The van der Waals surface area contributed by atoms with Gasteiger partial charge < -0.3 is 10.2 Å². The Bertz CT molecular complexity index is 589. The van der Waals surface area contributed by atoms with E-state index < -0.39 is 11.7 Å². The number of rotatable bonds is 6. The van der Waals surface area contributed by atoms with Crippen LogP contribution in [0.2, 0.25) is 5.02 Å². The van der Waals surface area contributed by atoms with E-state index in [1.165, 1.54) is 0 Å². The van der Waals surface area contributed by atoms with Gasteiger partial charge in [-0.05, 0) is 12.5 Å². The second-order valence-electron chi connectivity index (χ2n) is 5.99. The number of alkyl halides is 3. The van der Waals surface area contributed by atoms with Crippen LogP contribution < -0.4 is 10.2 Å². The number of amides is 1. The molecule has 1 fully saturated rings. The predicted molar refractivity (Wildman–Crippen MR) is 90.8 cm³/mol. The van der Waals surface area contributed by atoms with Crippen LogP contribution in [0.25, 0.3) is 0 Å². The van der Waals surface area contributed by atoms with Crippen molar-refractivity contribution in [3.63, 3.8) is 0 Å². The van der Waals surface area contributed by atoms with Crippen LogP contribution in [0.1, 0.15) is 25.3 Å². The van der Waals surface area contributed by atoms with Crippen LogP contribution in [0.15, 0.2) is 12.3 Å². The maximum Gasteiger partial charge on any atom is 0.417 e. The molecule has 2 heterocycles. The lowest BCUT2D eigenvalue weighted by molar-refractivity contribution is -0.137. The summed E-state index contributed by atoms with van der Waals surface area (Å²) in [5, 5.41) is 2.86. The first-order chi connectivity index (χ1) is 11.8. The number of halogens is 4. The normalized spacial score (nSPS) is 16.1. The van der Waals surface area contributed by atoms with Gasteiger partial charge in [-0.3, -0.25) is 9.69 Å². The highest BCUT2D eigenvalue weighted by atomic mass is 35.5.